The lowest BCUT2D eigenvalue weighted by molar-refractivity contribution is -0.125. The first-order valence-electron chi connectivity index (χ1n) is 7.55. The zero-order chi connectivity index (χ0) is 15.2. The molecule has 3 nitrogen and oxygen atoms in total. The van der Waals surface area contributed by atoms with Gasteiger partial charge in [0, 0.05) is 23.9 Å². The predicted octanol–water partition coefficient (Wildman–Crippen LogP) is 2.84. The Balaban J connectivity index is 2.81. The van der Waals surface area contributed by atoms with Gasteiger partial charge in [0.05, 0.1) is 0 Å². The molecule has 1 aromatic rings. The average molecular weight is 276 g/mol. The van der Waals surface area contributed by atoms with Gasteiger partial charge in [-0.25, -0.2) is 0 Å². The lowest BCUT2D eigenvalue weighted by Crippen LogP contribution is -2.45. The molecule has 3 N–H and O–H groups in total. The van der Waals surface area contributed by atoms with Crippen LogP contribution >= 0.6 is 0 Å². The van der Waals surface area contributed by atoms with Crippen molar-refractivity contribution in [2.45, 2.75) is 52.0 Å². The van der Waals surface area contributed by atoms with E-state index in [-0.39, 0.29) is 23.3 Å². The van der Waals surface area contributed by atoms with Crippen LogP contribution in [-0.4, -0.2) is 18.5 Å². The molecule has 1 rings (SSSR count). The third-order valence-corrected chi connectivity index (χ3v) is 4.54. The molecule has 0 heterocycles. The molecule has 0 aliphatic heterocycles. The van der Waals surface area contributed by atoms with Gasteiger partial charge in [-0.1, -0.05) is 51.1 Å². The van der Waals surface area contributed by atoms with Crippen LogP contribution in [0.5, 0.6) is 0 Å². The van der Waals surface area contributed by atoms with E-state index >= 15 is 0 Å². The minimum atomic E-state index is -0.155. The number of rotatable bonds is 7. The zero-order valence-electron chi connectivity index (χ0n) is 13.1. The van der Waals surface area contributed by atoms with Crippen molar-refractivity contribution in [3.8, 4) is 0 Å². The number of amides is 1. The molecule has 112 valence electrons. The molecule has 1 amide bonds. The topological polar surface area (TPSA) is 55.1 Å². The number of carbonyl (C=O) groups is 1. The molecule has 0 aliphatic carbocycles. The van der Waals surface area contributed by atoms with E-state index in [2.05, 4.69) is 43.4 Å². The van der Waals surface area contributed by atoms with Crippen molar-refractivity contribution >= 4 is 5.91 Å². The van der Waals surface area contributed by atoms with Crippen LogP contribution in [0.1, 0.15) is 46.1 Å². The third kappa shape index (κ3) is 3.83. The number of hydrogen-bond donors (Lipinski definition) is 2. The van der Waals surface area contributed by atoms with Crippen molar-refractivity contribution in [3.05, 3.63) is 35.9 Å². The van der Waals surface area contributed by atoms with Crippen LogP contribution in [0.2, 0.25) is 0 Å². The van der Waals surface area contributed by atoms with Crippen LogP contribution in [-0.2, 0) is 10.2 Å². The molecule has 0 bridgehead atoms. The minimum Gasteiger partial charge on any atom is -0.355 e. The molecule has 0 saturated carbocycles. The van der Waals surface area contributed by atoms with Crippen LogP contribution in [0.25, 0.3) is 0 Å². The summed E-state index contributed by atoms with van der Waals surface area (Å²) in [6.45, 7) is 8.77. The van der Waals surface area contributed by atoms with Gasteiger partial charge in [0.1, 0.15) is 0 Å². The minimum absolute atomic E-state index is 0.00841. The number of nitrogens with one attached hydrogen (secondary N) is 1. The van der Waals surface area contributed by atoms with E-state index in [1.807, 2.05) is 19.9 Å². The van der Waals surface area contributed by atoms with E-state index < -0.39 is 0 Å². The lowest BCUT2D eigenvalue weighted by Gasteiger charge is -2.33. The summed E-state index contributed by atoms with van der Waals surface area (Å²) in [5.41, 5.74) is 7.09. The van der Waals surface area contributed by atoms with Crippen LogP contribution in [0.3, 0.4) is 0 Å². The van der Waals surface area contributed by atoms with Crippen molar-refractivity contribution < 1.29 is 4.79 Å². The summed E-state index contributed by atoms with van der Waals surface area (Å²) in [6.07, 6.45) is 2.00. The molecule has 20 heavy (non-hydrogen) atoms. The van der Waals surface area contributed by atoms with Crippen LogP contribution in [0, 0.1) is 5.92 Å². The van der Waals surface area contributed by atoms with Crippen LogP contribution < -0.4 is 11.1 Å². The van der Waals surface area contributed by atoms with Gasteiger partial charge in [0.15, 0.2) is 0 Å². The maximum absolute atomic E-state index is 12.1. The first-order chi connectivity index (χ1) is 9.46. The monoisotopic (exact) mass is 276 g/mol. The fourth-order valence-corrected chi connectivity index (χ4v) is 2.46. The predicted molar refractivity (Wildman–Crippen MR) is 84.5 cm³/mol. The Kier molecular flexibility index (Phi) is 6.21. The van der Waals surface area contributed by atoms with Gasteiger partial charge < -0.3 is 11.1 Å². The van der Waals surface area contributed by atoms with Crippen LogP contribution in [0.15, 0.2) is 30.3 Å². The number of carbonyl (C=O) groups excluding carboxylic acids is 1. The summed E-state index contributed by atoms with van der Waals surface area (Å²) in [5.74, 6) is -0.112. The van der Waals surface area contributed by atoms with Gasteiger partial charge in [-0.05, 0) is 25.3 Å². The van der Waals surface area contributed by atoms with Crippen molar-refractivity contribution in [1.29, 1.82) is 0 Å². The van der Waals surface area contributed by atoms with Gasteiger partial charge in [-0.2, -0.15) is 0 Å². The zero-order valence-corrected chi connectivity index (χ0v) is 13.1. The van der Waals surface area contributed by atoms with Crippen molar-refractivity contribution in [2.24, 2.45) is 11.7 Å². The smallest absolute Gasteiger partial charge is 0.224 e. The maximum Gasteiger partial charge on any atom is 0.224 e. The summed E-state index contributed by atoms with van der Waals surface area (Å²) >= 11 is 0. The largest absolute Gasteiger partial charge is 0.355 e. The summed E-state index contributed by atoms with van der Waals surface area (Å²) in [5, 5.41) is 3.09. The van der Waals surface area contributed by atoms with E-state index in [1.165, 1.54) is 5.56 Å². The van der Waals surface area contributed by atoms with E-state index in [9.17, 15) is 4.79 Å². The molecule has 0 radical (unpaired) electrons. The number of nitrogens with two attached hydrogens (primary N) is 1. The first-order valence-corrected chi connectivity index (χ1v) is 7.55. The standard InChI is InChI=1S/C17H28N2O/c1-5-17(6-2,15-10-8-7-9-11-15)12-19-16(20)13(3)14(4)18/h7-11,13-14H,5-6,12,18H2,1-4H3,(H,19,20). The van der Waals surface area contributed by atoms with E-state index in [4.69, 9.17) is 5.73 Å². The third-order valence-electron chi connectivity index (χ3n) is 4.54. The molecule has 0 fully saturated rings. The molecular weight excluding hydrogens is 248 g/mol. The lowest BCUT2D eigenvalue weighted by atomic mass is 9.75. The fourth-order valence-electron chi connectivity index (χ4n) is 2.46. The molecule has 0 spiro atoms. The molecule has 2 unspecified atom stereocenters. The molecule has 2 atom stereocenters. The number of benzene rings is 1. The van der Waals surface area contributed by atoms with Gasteiger partial charge in [0.25, 0.3) is 0 Å². The van der Waals surface area contributed by atoms with Crippen molar-refractivity contribution in [1.82, 2.24) is 5.32 Å². The van der Waals surface area contributed by atoms with E-state index in [1.54, 1.807) is 0 Å². The Hall–Kier alpha value is -1.35. The molecule has 3 heteroatoms. The molecule has 0 saturated heterocycles. The van der Waals surface area contributed by atoms with Crippen molar-refractivity contribution in [3.63, 3.8) is 0 Å². The van der Waals surface area contributed by atoms with Crippen molar-refractivity contribution in [2.75, 3.05) is 6.54 Å². The van der Waals surface area contributed by atoms with E-state index in [0.717, 1.165) is 12.8 Å². The highest BCUT2D eigenvalue weighted by molar-refractivity contribution is 5.79. The Bertz CT molecular complexity index is 410. The second-order valence-electron chi connectivity index (χ2n) is 5.72. The highest BCUT2D eigenvalue weighted by Crippen LogP contribution is 2.30. The highest BCUT2D eigenvalue weighted by atomic mass is 16.1. The van der Waals surface area contributed by atoms with Gasteiger partial charge in [0.2, 0.25) is 5.91 Å². The fraction of sp³-hybridized carbons (Fsp3) is 0.588. The van der Waals surface area contributed by atoms with Gasteiger partial charge in [-0.3, -0.25) is 4.79 Å². The van der Waals surface area contributed by atoms with E-state index in [0.29, 0.717) is 6.54 Å². The Morgan fingerprint density at radius 3 is 2.20 bits per heavy atom. The maximum atomic E-state index is 12.1. The molecule has 0 aromatic heterocycles. The summed E-state index contributed by atoms with van der Waals surface area (Å²) in [7, 11) is 0. The summed E-state index contributed by atoms with van der Waals surface area (Å²) < 4.78 is 0. The molecule has 0 aliphatic rings. The Morgan fingerprint density at radius 2 is 1.75 bits per heavy atom. The normalized spacial score (nSPS) is 14.7. The quantitative estimate of drug-likeness (QED) is 0.804. The first kappa shape index (κ1) is 16.7. The molecule has 1 aromatic carbocycles. The highest BCUT2D eigenvalue weighted by Gasteiger charge is 2.29. The number of hydrogen-bond acceptors (Lipinski definition) is 2. The second-order valence-corrected chi connectivity index (χ2v) is 5.72. The second kappa shape index (κ2) is 7.44. The van der Waals surface area contributed by atoms with Gasteiger partial charge in [-0.15, -0.1) is 0 Å². The van der Waals surface area contributed by atoms with Crippen LogP contribution in [0.4, 0.5) is 0 Å². The Morgan fingerprint density at radius 1 is 1.20 bits per heavy atom. The molecular formula is C17H28N2O. The SMILES string of the molecule is CCC(CC)(CNC(=O)C(C)C(C)N)c1ccccc1. The Labute approximate surface area is 122 Å². The van der Waals surface area contributed by atoms with Gasteiger partial charge >= 0.3 is 0 Å². The summed E-state index contributed by atoms with van der Waals surface area (Å²) in [6, 6.07) is 10.3. The average Bonchev–Trinajstić information content (AvgIpc) is 2.48. The summed E-state index contributed by atoms with van der Waals surface area (Å²) in [4.78, 5) is 12.1.